The number of carbonyl (C=O) groups is 2. The summed E-state index contributed by atoms with van der Waals surface area (Å²) in [5.41, 5.74) is 0. The molecule has 1 rings (SSSR count). The van der Waals surface area contributed by atoms with Crippen LogP contribution in [0.15, 0.2) is 0 Å². The molecule has 5 heteroatoms. The number of rotatable bonds is 5. The number of aliphatic carboxylic acids is 1. The second-order valence-electron chi connectivity index (χ2n) is 3.68. The van der Waals surface area contributed by atoms with E-state index >= 15 is 0 Å². The number of carboxylic acid groups (broad SMARTS) is 1. The third kappa shape index (κ3) is 2.99. The SMILES string of the molecule is CC(NCC(=O)N(C)C1CC1)C(=O)O. The third-order valence-corrected chi connectivity index (χ3v) is 2.42. The molecule has 0 radical (unpaired) electrons. The Bertz CT molecular complexity index is 238. The molecule has 0 heterocycles. The van der Waals surface area contributed by atoms with Gasteiger partial charge in [0.25, 0.3) is 0 Å². The summed E-state index contributed by atoms with van der Waals surface area (Å²) in [6.07, 6.45) is 2.13. The number of hydrogen-bond donors (Lipinski definition) is 2. The molecule has 1 aliphatic carbocycles. The van der Waals surface area contributed by atoms with Gasteiger partial charge in [0.2, 0.25) is 5.91 Å². The summed E-state index contributed by atoms with van der Waals surface area (Å²) in [7, 11) is 1.76. The minimum Gasteiger partial charge on any atom is -0.480 e. The van der Waals surface area contributed by atoms with E-state index in [4.69, 9.17) is 5.11 Å². The molecule has 0 saturated heterocycles. The first-order valence-electron chi connectivity index (χ1n) is 4.74. The molecule has 0 spiro atoms. The zero-order valence-electron chi connectivity index (χ0n) is 8.49. The maximum atomic E-state index is 11.4. The molecular weight excluding hydrogens is 184 g/mol. The van der Waals surface area contributed by atoms with Gasteiger partial charge in [-0.3, -0.25) is 14.9 Å². The molecule has 1 aliphatic rings. The van der Waals surface area contributed by atoms with Gasteiger partial charge < -0.3 is 10.0 Å². The molecule has 1 fully saturated rings. The molecular formula is C9H16N2O3. The van der Waals surface area contributed by atoms with Crippen molar-refractivity contribution >= 4 is 11.9 Å². The highest BCUT2D eigenvalue weighted by Gasteiger charge is 2.29. The van der Waals surface area contributed by atoms with E-state index in [9.17, 15) is 9.59 Å². The first kappa shape index (κ1) is 11.0. The van der Waals surface area contributed by atoms with E-state index in [0.717, 1.165) is 12.8 Å². The summed E-state index contributed by atoms with van der Waals surface area (Å²) >= 11 is 0. The van der Waals surface area contributed by atoms with Crippen LogP contribution in [-0.4, -0.2) is 47.6 Å². The number of nitrogens with one attached hydrogen (secondary N) is 1. The van der Waals surface area contributed by atoms with Gasteiger partial charge in [0, 0.05) is 13.1 Å². The Morgan fingerprint density at radius 1 is 1.57 bits per heavy atom. The summed E-state index contributed by atoms with van der Waals surface area (Å²) in [5, 5.41) is 11.2. The van der Waals surface area contributed by atoms with Gasteiger partial charge in [-0.15, -0.1) is 0 Å². The fourth-order valence-corrected chi connectivity index (χ4v) is 1.12. The molecule has 80 valence electrons. The first-order chi connectivity index (χ1) is 6.52. The van der Waals surface area contributed by atoms with Crippen LogP contribution < -0.4 is 5.32 Å². The zero-order valence-corrected chi connectivity index (χ0v) is 8.49. The van der Waals surface area contributed by atoms with E-state index in [1.807, 2.05) is 0 Å². The average molecular weight is 200 g/mol. The van der Waals surface area contributed by atoms with Gasteiger partial charge in [-0.25, -0.2) is 0 Å². The Kier molecular flexibility index (Phi) is 3.46. The largest absolute Gasteiger partial charge is 0.480 e. The third-order valence-electron chi connectivity index (χ3n) is 2.42. The van der Waals surface area contributed by atoms with Crippen molar-refractivity contribution in [1.29, 1.82) is 0 Å². The Balaban J connectivity index is 2.23. The molecule has 0 bridgehead atoms. The van der Waals surface area contributed by atoms with E-state index in [0.29, 0.717) is 6.04 Å². The topological polar surface area (TPSA) is 69.6 Å². The van der Waals surface area contributed by atoms with Crippen molar-refractivity contribution in [2.45, 2.75) is 31.8 Å². The van der Waals surface area contributed by atoms with Crippen molar-refractivity contribution < 1.29 is 14.7 Å². The molecule has 0 aromatic heterocycles. The van der Waals surface area contributed by atoms with Crippen LogP contribution in [-0.2, 0) is 9.59 Å². The molecule has 5 nitrogen and oxygen atoms in total. The highest BCUT2D eigenvalue weighted by molar-refractivity contribution is 5.80. The minimum absolute atomic E-state index is 0.0411. The van der Waals surface area contributed by atoms with Crippen molar-refractivity contribution in [2.24, 2.45) is 0 Å². The summed E-state index contributed by atoms with van der Waals surface area (Å²) < 4.78 is 0. The van der Waals surface area contributed by atoms with Crippen molar-refractivity contribution in [3.8, 4) is 0 Å². The lowest BCUT2D eigenvalue weighted by molar-refractivity contribution is -0.139. The predicted molar refractivity (Wildman–Crippen MR) is 50.9 cm³/mol. The summed E-state index contributed by atoms with van der Waals surface area (Å²) in [6, 6.07) is -0.295. The normalized spacial score (nSPS) is 17.6. The molecule has 14 heavy (non-hydrogen) atoms. The number of carboxylic acids is 1. The summed E-state index contributed by atoms with van der Waals surface area (Å²) in [4.78, 5) is 23.5. The molecule has 0 aromatic carbocycles. The van der Waals surface area contributed by atoms with Crippen LogP contribution in [0.1, 0.15) is 19.8 Å². The van der Waals surface area contributed by atoms with E-state index in [1.54, 1.807) is 11.9 Å². The van der Waals surface area contributed by atoms with Crippen molar-refractivity contribution in [2.75, 3.05) is 13.6 Å². The maximum absolute atomic E-state index is 11.4. The van der Waals surface area contributed by atoms with Gasteiger partial charge in [0.15, 0.2) is 0 Å². The summed E-state index contributed by atoms with van der Waals surface area (Å²) in [5.74, 6) is -0.979. The Morgan fingerprint density at radius 2 is 2.14 bits per heavy atom. The van der Waals surface area contributed by atoms with Crippen LogP contribution >= 0.6 is 0 Å². The lowest BCUT2D eigenvalue weighted by atomic mass is 10.3. The van der Waals surface area contributed by atoms with Gasteiger partial charge in [-0.1, -0.05) is 0 Å². The van der Waals surface area contributed by atoms with E-state index < -0.39 is 12.0 Å². The fraction of sp³-hybridized carbons (Fsp3) is 0.778. The van der Waals surface area contributed by atoms with Crippen molar-refractivity contribution in [3.63, 3.8) is 0 Å². The second-order valence-corrected chi connectivity index (χ2v) is 3.68. The molecule has 0 aliphatic heterocycles. The average Bonchev–Trinajstić information content (AvgIpc) is 2.95. The van der Waals surface area contributed by atoms with E-state index in [1.165, 1.54) is 6.92 Å². The Labute approximate surface area is 83.1 Å². The lowest BCUT2D eigenvalue weighted by Gasteiger charge is -2.17. The van der Waals surface area contributed by atoms with Gasteiger partial charge in [-0.05, 0) is 19.8 Å². The molecule has 0 aromatic rings. The van der Waals surface area contributed by atoms with Crippen LogP contribution in [0, 0.1) is 0 Å². The van der Waals surface area contributed by atoms with Crippen LogP contribution in [0.2, 0.25) is 0 Å². The van der Waals surface area contributed by atoms with Crippen molar-refractivity contribution in [1.82, 2.24) is 10.2 Å². The minimum atomic E-state index is -0.938. The van der Waals surface area contributed by atoms with Gasteiger partial charge >= 0.3 is 5.97 Å². The zero-order chi connectivity index (χ0) is 10.7. The van der Waals surface area contributed by atoms with Crippen LogP contribution in [0.3, 0.4) is 0 Å². The second kappa shape index (κ2) is 4.41. The smallest absolute Gasteiger partial charge is 0.320 e. The molecule has 1 saturated carbocycles. The quantitative estimate of drug-likeness (QED) is 0.637. The molecule has 1 unspecified atom stereocenters. The first-order valence-corrected chi connectivity index (χ1v) is 4.74. The van der Waals surface area contributed by atoms with Crippen LogP contribution in [0.5, 0.6) is 0 Å². The standard InChI is InChI=1S/C9H16N2O3/c1-6(9(13)14)10-5-8(12)11(2)7-3-4-7/h6-7,10H,3-5H2,1-2H3,(H,13,14). The van der Waals surface area contributed by atoms with Gasteiger partial charge in [0.05, 0.1) is 6.54 Å². The van der Waals surface area contributed by atoms with E-state index in [2.05, 4.69) is 5.32 Å². The predicted octanol–water partition coefficient (Wildman–Crippen LogP) is -0.330. The summed E-state index contributed by atoms with van der Waals surface area (Å²) in [6.45, 7) is 1.62. The molecule has 1 amide bonds. The number of nitrogens with zero attached hydrogens (tertiary/aromatic N) is 1. The molecule has 1 atom stereocenters. The number of hydrogen-bond acceptors (Lipinski definition) is 3. The fourth-order valence-electron chi connectivity index (χ4n) is 1.12. The lowest BCUT2D eigenvalue weighted by Crippen LogP contribution is -2.42. The Hall–Kier alpha value is -1.10. The highest BCUT2D eigenvalue weighted by Crippen LogP contribution is 2.24. The highest BCUT2D eigenvalue weighted by atomic mass is 16.4. The van der Waals surface area contributed by atoms with Gasteiger partial charge in [-0.2, -0.15) is 0 Å². The number of amides is 1. The Morgan fingerprint density at radius 3 is 2.57 bits per heavy atom. The number of carbonyl (C=O) groups excluding carboxylic acids is 1. The van der Waals surface area contributed by atoms with E-state index in [-0.39, 0.29) is 12.5 Å². The van der Waals surface area contributed by atoms with Crippen LogP contribution in [0.25, 0.3) is 0 Å². The van der Waals surface area contributed by atoms with Gasteiger partial charge in [0.1, 0.15) is 6.04 Å². The monoisotopic (exact) mass is 200 g/mol. The number of likely N-dealkylation sites (N-methyl/N-ethyl adjacent to an activating group) is 1. The van der Waals surface area contributed by atoms with Crippen LogP contribution in [0.4, 0.5) is 0 Å². The maximum Gasteiger partial charge on any atom is 0.320 e. The molecule has 2 N–H and O–H groups in total. The van der Waals surface area contributed by atoms with Crippen molar-refractivity contribution in [3.05, 3.63) is 0 Å².